The van der Waals surface area contributed by atoms with E-state index in [2.05, 4.69) is 0 Å². The van der Waals surface area contributed by atoms with Crippen molar-refractivity contribution in [2.75, 3.05) is 11.9 Å². The van der Waals surface area contributed by atoms with Gasteiger partial charge in [-0.1, -0.05) is 0 Å². The molecule has 0 aliphatic rings. The lowest BCUT2D eigenvalue weighted by molar-refractivity contribution is -0.139. The summed E-state index contributed by atoms with van der Waals surface area (Å²) in [6.45, 7) is 4.82. The second kappa shape index (κ2) is 6.62. The van der Waals surface area contributed by atoms with Crippen LogP contribution >= 0.6 is 11.8 Å². The summed E-state index contributed by atoms with van der Waals surface area (Å²) in [5, 5.41) is 11.0. The summed E-state index contributed by atoms with van der Waals surface area (Å²) in [5.74, 6) is -1.47. The van der Waals surface area contributed by atoms with E-state index in [9.17, 15) is 9.59 Å². The minimum Gasteiger partial charge on any atom is -0.480 e. The van der Waals surface area contributed by atoms with Crippen LogP contribution in [-0.2, 0) is 9.53 Å². The van der Waals surface area contributed by atoms with Gasteiger partial charge in [0.05, 0.1) is 0 Å². The molecule has 0 bridgehead atoms. The van der Waals surface area contributed by atoms with E-state index >= 15 is 0 Å². The Balaban J connectivity index is 4.73. The van der Waals surface area contributed by atoms with E-state index in [1.54, 1.807) is 20.8 Å². The van der Waals surface area contributed by atoms with Crippen LogP contribution in [0.15, 0.2) is 0 Å². The van der Waals surface area contributed by atoms with Crippen molar-refractivity contribution in [1.29, 1.82) is 0 Å². The molecule has 0 spiro atoms. The van der Waals surface area contributed by atoms with Crippen LogP contribution in [0.2, 0.25) is 0 Å². The summed E-state index contributed by atoms with van der Waals surface area (Å²) >= 11 is 0.506. The van der Waals surface area contributed by atoms with E-state index in [0.717, 1.165) is 0 Å². The molecule has 2 N–H and O–H groups in total. The first kappa shape index (κ1) is 9.15. The maximum Gasteiger partial charge on any atom is 0.408 e. The molecule has 0 aromatic carbocycles. The third-order valence-corrected chi connectivity index (χ3v) is 1.60. The number of thioether (sulfide) groups is 1. The maximum absolute atomic E-state index is 11.5. The molecule has 0 radical (unpaired) electrons. The molecule has 0 aromatic rings. The van der Waals surface area contributed by atoms with Gasteiger partial charge in [0.2, 0.25) is 0 Å². The molecule has 0 fully saturated rings. The largest absolute Gasteiger partial charge is 0.480 e. The molecule has 6 heteroatoms. The highest BCUT2D eigenvalue weighted by molar-refractivity contribution is 7.98. The average Bonchev–Trinajstić information content (AvgIpc) is 2.20. The number of amides is 1. The van der Waals surface area contributed by atoms with Crippen molar-refractivity contribution in [3.63, 3.8) is 0 Å². The lowest BCUT2D eigenvalue weighted by Crippen LogP contribution is -2.43. The summed E-state index contributed by atoms with van der Waals surface area (Å²) in [5.41, 5.74) is -2.15. The van der Waals surface area contributed by atoms with Crippen LogP contribution < -0.4 is 5.32 Å². The molecule has 1 amide bonds. The van der Waals surface area contributed by atoms with Gasteiger partial charge in [-0.2, -0.15) is 11.8 Å². The predicted molar refractivity (Wildman–Crippen MR) is 63.8 cm³/mol. The van der Waals surface area contributed by atoms with Crippen LogP contribution in [0.1, 0.15) is 32.7 Å². The Morgan fingerprint density at radius 1 is 1.62 bits per heavy atom. The monoisotopic (exact) mass is 253 g/mol. The third-order valence-electron chi connectivity index (χ3n) is 1.29. The van der Waals surface area contributed by atoms with Crippen LogP contribution in [0.3, 0.4) is 0 Å². The second-order valence-corrected chi connectivity index (χ2v) is 4.47. The van der Waals surface area contributed by atoms with E-state index in [4.69, 9.17) is 15.3 Å². The summed E-state index contributed by atoms with van der Waals surface area (Å²) in [6.07, 6.45) is -3.92. The van der Waals surface area contributed by atoms with Crippen LogP contribution in [0.4, 0.5) is 4.79 Å². The number of ether oxygens (including phenoxy) is 1. The first-order valence-electron chi connectivity index (χ1n) is 6.81. The molecule has 16 heavy (non-hydrogen) atoms. The number of rotatable bonds is 5. The van der Waals surface area contributed by atoms with Crippen molar-refractivity contribution < 1.29 is 24.9 Å². The zero-order valence-corrected chi connectivity index (χ0v) is 10.2. The van der Waals surface area contributed by atoms with Crippen molar-refractivity contribution in [1.82, 2.24) is 5.32 Å². The standard InChI is InChI=1S/C10H19NO4S/c1-10(2,3)15-9(14)11-7(8(12)13)5-6-16-4/h7H,5-6H2,1-4H3,(H,11,14)(H,12,13)/t7-/m0/s1/i4D2,5D,6D/t5-,6-,7-. The number of carbonyl (C=O) groups is 2. The summed E-state index contributed by atoms with van der Waals surface area (Å²) in [6, 6.07) is -1.64. The van der Waals surface area contributed by atoms with Crippen molar-refractivity contribution >= 4 is 23.8 Å². The van der Waals surface area contributed by atoms with Gasteiger partial charge in [-0.05, 0) is 39.1 Å². The molecule has 0 unspecified atom stereocenters. The number of hydrogen-bond donors (Lipinski definition) is 2. The van der Waals surface area contributed by atoms with Gasteiger partial charge in [0.1, 0.15) is 11.6 Å². The van der Waals surface area contributed by atoms with Crippen molar-refractivity contribution in [2.45, 2.75) is 38.8 Å². The van der Waals surface area contributed by atoms with Crippen LogP contribution in [0, 0.1) is 0 Å². The van der Waals surface area contributed by atoms with E-state index < -0.39 is 42.0 Å². The molecule has 0 aliphatic carbocycles. The highest BCUT2D eigenvalue weighted by Gasteiger charge is 2.23. The fourth-order valence-corrected chi connectivity index (χ4v) is 0.998. The Kier molecular flexibility index (Phi) is 3.79. The molecule has 0 aliphatic heterocycles. The molecule has 0 saturated heterocycles. The Bertz CT molecular complexity index is 351. The number of aliphatic carboxylic acids is 1. The molecular formula is C10H19NO4S. The normalized spacial score (nSPS) is 20.8. The lowest BCUT2D eigenvalue weighted by Gasteiger charge is -2.21. The van der Waals surface area contributed by atoms with Gasteiger partial charge < -0.3 is 15.2 Å². The first-order valence-corrected chi connectivity index (χ1v) is 5.45. The zero-order chi connectivity index (χ0) is 16.1. The summed E-state index contributed by atoms with van der Waals surface area (Å²) in [7, 11) is 0. The molecule has 0 saturated carbocycles. The summed E-state index contributed by atoms with van der Waals surface area (Å²) in [4.78, 5) is 22.6. The quantitative estimate of drug-likeness (QED) is 0.780. The van der Waals surface area contributed by atoms with Gasteiger partial charge >= 0.3 is 12.1 Å². The molecule has 0 aromatic heterocycles. The topological polar surface area (TPSA) is 75.6 Å². The van der Waals surface area contributed by atoms with Crippen LogP contribution in [0.25, 0.3) is 0 Å². The van der Waals surface area contributed by atoms with Crippen molar-refractivity contribution in [3.8, 4) is 0 Å². The average molecular weight is 253 g/mol. The Morgan fingerprint density at radius 2 is 2.25 bits per heavy atom. The molecule has 0 heterocycles. The van der Waals surface area contributed by atoms with E-state index in [1.807, 2.05) is 5.32 Å². The second-order valence-electron chi connectivity index (χ2n) is 3.93. The van der Waals surface area contributed by atoms with Gasteiger partial charge in [-0.3, -0.25) is 0 Å². The minimum atomic E-state index is -1.64. The number of carbonyl (C=O) groups excluding carboxylic acids is 1. The van der Waals surface area contributed by atoms with Gasteiger partial charge in [-0.25, -0.2) is 9.59 Å². The molecular weight excluding hydrogens is 230 g/mol. The summed E-state index contributed by atoms with van der Waals surface area (Å²) < 4.78 is 34.0. The Labute approximate surface area is 106 Å². The number of carboxylic acids is 1. The number of alkyl carbamates (subject to hydrolysis) is 1. The fourth-order valence-electron chi connectivity index (χ4n) is 0.751. The van der Waals surface area contributed by atoms with E-state index in [1.165, 1.54) is 0 Å². The third kappa shape index (κ3) is 7.39. The van der Waals surface area contributed by atoms with Gasteiger partial charge in [0.15, 0.2) is 0 Å². The molecule has 94 valence electrons. The molecule has 0 rings (SSSR count). The smallest absolute Gasteiger partial charge is 0.408 e. The highest BCUT2D eigenvalue weighted by Crippen LogP contribution is 2.08. The minimum absolute atomic E-state index is 0.506. The highest BCUT2D eigenvalue weighted by atomic mass is 32.2. The number of carboxylic acid groups (broad SMARTS) is 1. The van der Waals surface area contributed by atoms with Gasteiger partial charge in [0, 0.05) is 5.48 Å². The van der Waals surface area contributed by atoms with Crippen molar-refractivity contribution in [2.24, 2.45) is 0 Å². The Hall–Kier alpha value is -0.910. The van der Waals surface area contributed by atoms with Gasteiger partial charge in [-0.15, -0.1) is 0 Å². The predicted octanol–water partition coefficient (Wildman–Crippen LogP) is 1.72. The fraction of sp³-hybridized carbons (Fsp3) is 0.800. The van der Waals surface area contributed by atoms with E-state index in [0.29, 0.717) is 11.8 Å². The molecule has 5 nitrogen and oxygen atoms in total. The van der Waals surface area contributed by atoms with Crippen molar-refractivity contribution in [3.05, 3.63) is 0 Å². The van der Waals surface area contributed by atoms with Crippen LogP contribution in [-0.4, -0.2) is 40.7 Å². The Morgan fingerprint density at radius 3 is 2.69 bits per heavy atom. The first-order chi connectivity index (χ1) is 8.94. The lowest BCUT2D eigenvalue weighted by atomic mass is 10.2. The SMILES string of the molecule is [2H]C([2H])S[C@@H]([2H])[C@H]([2H])[C@H](NC(=O)OC(C)(C)C)C(=O)O. The molecule has 3 atom stereocenters. The van der Waals surface area contributed by atoms with Gasteiger partial charge in [0.25, 0.3) is 0 Å². The number of hydrogen-bond acceptors (Lipinski definition) is 4. The van der Waals surface area contributed by atoms with E-state index in [-0.39, 0.29) is 0 Å². The maximum atomic E-state index is 11.5. The zero-order valence-electron chi connectivity index (χ0n) is 13.4. The van der Waals surface area contributed by atoms with Crippen LogP contribution in [0.5, 0.6) is 0 Å². The number of nitrogens with one attached hydrogen (secondary N) is 1.